The number of carbonyl (C=O) groups excluding carboxylic acids is 8. The lowest BCUT2D eigenvalue weighted by molar-refractivity contribution is -0.128. The molecule has 27 nitrogen and oxygen atoms in total. The predicted octanol–water partition coefficient (Wildman–Crippen LogP) is 17.3. The first-order valence-corrected chi connectivity index (χ1v) is 48.2. The average Bonchev–Trinajstić information content (AvgIpc) is 1.48. The van der Waals surface area contributed by atoms with Gasteiger partial charge >= 0.3 is 0 Å². The van der Waals surface area contributed by atoms with Gasteiger partial charge in [-0.2, -0.15) is 0 Å². The van der Waals surface area contributed by atoms with Crippen molar-refractivity contribution < 1.29 is 38.4 Å². The van der Waals surface area contributed by atoms with Crippen molar-refractivity contribution in [1.82, 2.24) is 35.6 Å². The third-order valence-corrected chi connectivity index (χ3v) is 24.7. The van der Waals surface area contributed by atoms with Crippen LogP contribution in [0.25, 0.3) is 24.3 Å². The van der Waals surface area contributed by atoms with Crippen LogP contribution in [0.1, 0.15) is 254 Å². The highest BCUT2D eigenvalue weighted by Gasteiger charge is 2.30. The van der Waals surface area contributed by atoms with Crippen molar-refractivity contribution >= 4 is 140 Å². The quantitative estimate of drug-likeness (QED) is 0.0217. The summed E-state index contributed by atoms with van der Waals surface area (Å²) in [5.74, 6) is 0.727. The number of amidine groups is 4. The van der Waals surface area contributed by atoms with Gasteiger partial charge in [0.15, 0.2) is 0 Å². The van der Waals surface area contributed by atoms with Crippen molar-refractivity contribution in [2.24, 2.45) is 42.9 Å². The number of anilines is 4. The second-order valence-corrected chi connectivity index (χ2v) is 35.4. The maximum Gasteiger partial charge on any atom is 0.255 e. The zero-order valence-corrected chi connectivity index (χ0v) is 79.4. The van der Waals surface area contributed by atoms with E-state index in [9.17, 15) is 38.4 Å². The number of nitrogens with two attached hydrogens (primary N) is 4. The van der Waals surface area contributed by atoms with E-state index in [0.717, 1.165) is 181 Å². The molecule has 0 saturated heterocycles. The van der Waals surface area contributed by atoms with Crippen molar-refractivity contribution in [3.8, 4) is 0 Å². The Morgan fingerprint density at radius 1 is 0.341 bits per heavy atom. The number of nitrogens with zero attached hydrogens (tertiary/aromatic N) is 8. The second-order valence-electron chi connectivity index (χ2n) is 35.4. The zero-order chi connectivity index (χ0) is 95.6. The standard InChI is InChI=1S/3C27H33N5O2.C27H32N4O2/c1-3-12-32(13-4-2)27(34)21-14-19-7-8-20(15-24(19)31-25(28)16-21)26(33)30-22-10-9-18-6-5-11-29-23(18)17-22;1-3-11-32(12-4-2)27(34)22-13-19-5-6-20(15-24(19)31-25(28)16-22)26(33)30-23-8-7-21-17-29-10-9-18(21)14-23;1-3-11-32(12-4-2)27(34)21-13-19-5-6-20(15-24(19)31-25(28)16-21)26(33)30-23-8-7-18-9-10-29-17-22(18)14-23;1-3-13-31(14-4-2)27(33)21-15-19-9-10-20(16-24(19)29-25(28)17-21)26(32)30-23-12-11-18-7-5-6-8-22(18)23/h7-10,14-15,17,29H,3-6,11-13,16H2,1-2H3,(H2,28,31)(H,30,33);2*5-8,13-15,29H,3-4,9-12,16-17H2,1-2H3,(H2,28,31)(H,30,33);5-10,15-16,23H,3-4,11-14,17H2,1-2H3,(H2,28,29)(H,30,32). The van der Waals surface area contributed by atoms with E-state index < -0.39 is 0 Å². The molecule has 8 aromatic carbocycles. The molecular weight excluding hydrogens is 1690 g/mol. The Bertz CT molecular complexity index is 5560. The normalized spacial score (nSPS) is 15.2. The molecular formula is C108H131N19O8. The van der Waals surface area contributed by atoms with Crippen LogP contribution in [0.4, 0.5) is 45.5 Å². The SMILES string of the molecule is CCCN(CCC)C(=O)C1=Cc2ccc(C(=O)NC3CCc4ccccc43)cc2N=C(N)C1.CCCN(CCC)C(=O)C1=Cc2ccc(C(=O)Nc3ccc4c(c3)CCNC4)cc2N=C(N)C1.CCCN(CCC)C(=O)C1=Cc2ccc(C(=O)Nc3ccc4c(c3)CNCC4)cc2N=C(N)C1.CCCN(CCC)C(=O)C1=Cc2ccc(C(=O)Nc3ccc4c(c3)NCCC4)cc2N=C(N)C1. The molecule has 0 aromatic heterocycles. The largest absolute Gasteiger partial charge is 0.387 e. The summed E-state index contributed by atoms with van der Waals surface area (Å²) in [7, 11) is 0. The van der Waals surface area contributed by atoms with Crippen LogP contribution in [0, 0.1) is 0 Å². The predicted molar refractivity (Wildman–Crippen MR) is 546 cm³/mol. The van der Waals surface area contributed by atoms with Crippen LogP contribution in [0.5, 0.6) is 0 Å². The van der Waals surface area contributed by atoms with Crippen molar-refractivity contribution in [2.75, 3.05) is 93.3 Å². The Morgan fingerprint density at radius 3 is 1.07 bits per heavy atom. The highest BCUT2D eigenvalue weighted by molar-refractivity contribution is 6.12. The molecule has 0 spiro atoms. The molecule has 15 N–H and O–H groups in total. The van der Waals surface area contributed by atoms with Gasteiger partial charge in [0, 0.05) is 187 Å². The molecule has 1 unspecified atom stereocenters. The fourth-order valence-electron chi connectivity index (χ4n) is 18.1. The lowest BCUT2D eigenvalue weighted by Crippen LogP contribution is -2.34. The Hall–Kier alpha value is -13.9. The fourth-order valence-corrected chi connectivity index (χ4v) is 18.1. The van der Waals surface area contributed by atoms with Gasteiger partial charge in [0.25, 0.3) is 23.6 Å². The van der Waals surface area contributed by atoms with Gasteiger partial charge in [-0.05, 0) is 251 Å². The fraction of sp³-hybridized carbons (Fsp3) is 0.370. The molecule has 0 saturated carbocycles. The molecule has 1 atom stereocenters. The summed E-state index contributed by atoms with van der Waals surface area (Å²) in [6, 6.07) is 47.7. The number of rotatable bonds is 28. The first kappa shape index (κ1) is 98.6. The van der Waals surface area contributed by atoms with Crippen LogP contribution < -0.4 is 60.2 Å². The number of fused-ring (bicyclic) bond motifs is 8. The molecule has 135 heavy (non-hydrogen) atoms. The molecule has 0 fully saturated rings. The summed E-state index contributed by atoms with van der Waals surface area (Å²) < 4.78 is 0. The monoisotopic (exact) mass is 1820 g/mol. The molecule has 706 valence electrons. The summed E-state index contributed by atoms with van der Waals surface area (Å²) in [5, 5.41) is 22.2. The average molecular weight is 1820 g/mol. The summed E-state index contributed by atoms with van der Waals surface area (Å²) >= 11 is 0. The number of amides is 8. The van der Waals surface area contributed by atoms with Crippen molar-refractivity contribution in [3.05, 3.63) is 257 Å². The minimum atomic E-state index is -0.214. The summed E-state index contributed by atoms with van der Waals surface area (Å²) in [5.41, 5.74) is 47.0. The molecule has 7 heterocycles. The van der Waals surface area contributed by atoms with E-state index in [-0.39, 0.29) is 53.3 Å². The van der Waals surface area contributed by atoms with Crippen molar-refractivity contribution in [2.45, 2.75) is 190 Å². The minimum absolute atomic E-state index is 0.000806. The van der Waals surface area contributed by atoms with Crippen molar-refractivity contribution in [1.29, 1.82) is 0 Å². The van der Waals surface area contributed by atoms with Crippen LogP contribution in [0.15, 0.2) is 194 Å². The Balaban J connectivity index is 0.000000152. The van der Waals surface area contributed by atoms with Gasteiger partial charge in [-0.3, -0.25) is 38.4 Å². The molecule has 27 heteroatoms. The molecule has 1 aliphatic carbocycles. The summed E-state index contributed by atoms with van der Waals surface area (Å²) in [4.78, 5) is 130. The molecule has 8 amide bonds. The number of nitrogens with one attached hydrogen (secondary N) is 7. The van der Waals surface area contributed by atoms with E-state index in [0.29, 0.717) is 156 Å². The zero-order valence-electron chi connectivity index (χ0n) is 79.4. The van der Waals surface area contributed by atoms with Crippen molar-refractivity contribution in [3.63, 3.8) is 0 Å². The minimum Gasteiger partial charge on any atom is -0.387 e. The van der Waals surface area contributed by atoms with Crippen LogP contribution in [-0.2, 0) is 58.0 Å². The van der Waals surface area contributed by atoms with Crippen LogP contribution in [0.3, 0.4) is 0 Å². The topological polar surface area (TPSA) is 387 Å². The highest BCUT2D eigenvalue weighted by atomic mass is 16.2. The van der Waals surface area contributed by atoms with Gasteiger partial charge in [-0.25, -0.2) is 20.0 Å². The number of benzene rings is 8. The number of aliphatic imine (C=N–C) groups is 4. The third-order valence-electron chi connectivity index (χ3n) is 24.7. The molecule has 8 aliphatic rings. The van der Waals surface area contributed by atoms with Crippen LogP contribution in [0.2, 0.25) is 0 Å². The maximum absolute atomic E-state index is 13.1. The van der Waals surface area contributed by atoms with E-state index in [1.54, 1.807) is 48.5 Å². The summed E-state index contributed by atoms with van der Waals surface area (Å²) in [6.45, 7) is 26.8. The number of hydrogen-bond donors (Lipinski definition) is 11. The first-order chi connectivity index (χ1) is 65.4. The molecule has 8 aromatic rings. The third kappa shape index (κ3) is 25.9. The number of aryl methyl sites for hydroxylation is 2. The Kier molecular flexibility index (Phi) is 34.8. The smallest absolute Gasteiger partial charge is 0.255 e. The lowest BCUT2D eigenvalue weighted by Gasteiger charge is -2.22. The molecule has 0 bridgehead atoms. The Morgan fingerprint density at radius 2 is 0.681 bits per heavy atom. The number of hydrogen-bond acceptors (Lipinski definition) is 19. The molecule has 16 rings (SSSR count). The van der Waals surface area contributed by atoms with Crippen LogP contribution >= 0.6 is 0 Å². The van der Waals surface area contributed by atoms with E-state index in [1.165, 1.54) is 38.9 Å². The van der Waals surface area contributed by atoms with Gasteiger partial charge in [0.05, 0.1) is 28.8 Å². The van der Waals surface area contributed by atoms with Gasteiger partial charge in [-0.1, -0.05) is 122 Å². The van der Waals surface area contributed by atoms with Gasteiger partial charge < -0.3 is 79.8 Å². The van der Waals surface area contributed by atoms with Gasteiger partial charge in [-0.15, -0.1) is 0 Å². The molecule has 0 radical (unpaired) electrons. The molecule has 7 aliphatic heterocycles. The maximum atomic E-state index is 13.1. The summed E-state index contributed by atoms with van der Waals surface area (Å²) in [6.07, 6.45) is 21.8. The Labute approximate surface area is 793 Å². The second kappa shape index (κ2) is 47.6. The van der Waals surface area contributed by atoms with Gasteiger partial charge in [0.1, 0.15) is 23.3 Å². The van der Waals surface area contributed by atoms with Crippen LogP contribution in [-0.4, -0.2) is 162 Å². The van der Waals surface area contributed by atoms with Gasteiger partial charge in [0.2, 0.25) is 23.6 Å². The highest BCUT2D eigenvalue weighted by Crippen LogP contribution is 2.37. The van der Waals surface area contributed by atoms with E-state index >= 15 is 0 Å². The first-order valence-electron chi connectivity index (χ1n) is 48.2. The van der Waals surface area contributed by atoms with E-state index in [2.05, 4.69) is 143 Å². The number of carbonyl (C=O) groups is 8. The lowest BCUT2D eigenvalue weighted by atomic mass is 10.0. The van der Waals surface area contributed by atoms with E-state index in [4.69, 9.17) is 22.9 Å². The van der Waals surface area contributed by atoms with E-state index in [1.807, 2.05) is 117 Å².